The summed E-state index contributed by atoms with van der Waals surface area (Å²) in [7, 11) is 0. The van der Waals surface area contributed by atoms with Crippen LogP contribution in [0.3, 0.4) is 0 Å². The van der Waals surface area contributed by atoms with Gasteiger partial charge < -0.3 is 9.57 Å². The molecular formula is C12H16ClNO2. The van der Waals surface area contributed by atoms with Crippen LogP contribution in [0, 0.1) is 5.92 Å². The zero-order valence-corrected chi connectivity index (χ0v) is 9.87. The average Bonchev–Trinajstić information content (AvgIpc) is 3.10. The number of hydrogen-bond donors (Lipinski definition) is 1. The molecule has 1 aliphatic carbocycles. The van der Waals surface area contributed by atoms with Crippen molar-refractivity contribution in [1.29, 1.82) is 0 Å². The van der Waals surface area contributed by atoms with E-state index in [0.717, 1.165) is 30.3 Å². The Balaban J connectivity index is 1.96. The van der Waals surface area contributed by atoms with Gasteiger partial charge in [0.15, 0.2) is 0 Å². The van der Waals surface area contributed by atoms with E-state index in [9.17, 15) is 0 Å². The monoisotopic (exact) mass is 241 g/mol. The third-order valence-corrected chi connectivity index (χ3v) is 2.99. The van der Waals surface area contributed by atoms with E-state index in [0.29, 0.717) is 11.6 Å². The molecule has 0 amide bonds. The summed E-state index contributed by atoms with van der Waals surface area (Å²) in [6, 6.07) is 5.78. The predicted octanol–water partition coefficient (Wildman–Crippen LogP) is 2.56. The summed E-state index contributed by atoms with van der Waals surface area (Å²) in [5, 5.41) is 0.665. The van der Waals surface area contributed by atoms with E-state index >= 15 is 0 Å². The van der Waals surface area contributed by atoms with Crippen LogP contribution in [0.1, 0.15) is 18.4 Å². The summed E-state index contributed by atoms with van der Waals surface area (Å²) in [6.07, 6.45) is 3.32. The maximum Gasteiger partial charge on any atom is 0.138 e. The largest absolute Gasteiger partial charge is 0.492 e. The van der Waals surface area contributed by atoms with Gasteiger partial charge in [-0.3, -0.25) is 0 Å². The second kappa shape index (κ2) is 5.53. The third-order valence-electron chi connectivity index (χ3n) is 2.68. The van der Waals surface area contributed by atoms with Gasteiger partial charge in [-0.2, -0.15) is 0 Å². The molecule has 2 N–H and O–H groups in total. The average molecular weight is 242 g/mol. The van der Waals surface area contributed by atoms with Crippen LogP contribution in [0.2, 0.25) is 5.02 Å². The van der Waals surface area contributed by atoms with Crippen LogP contribution in [-0.4, -0.2) is 13.2 Å². The minimum absolute atomic E-state index is 0.504. The van der Waals surface area contributed by atoms with Crippen molar-refractivity contribution in [3.8, 4) is 5.75 Å². The molecule has 1 aromatic carbocycles. The molecular weight excluding hydrogens is 226 g/mol. The van der Waals surface area contributed by atoms with Gasteiger partial charge in [-0.15, -0.1) is 0 Å². The Kier molecular flexibility index (Phi) is 4.04. The lowest BCUT2D eigenvalue weighted by molar-refractivity contribution is 0.141. The minimum Gasteiger partial charge on any atom is -0.492 e. The Morgan fingerprint density at radius 2 is 2.19 bits per heavy atom. The predicted molar refractivity (Wildman–Crippen MR) is 63.5 cm³/mol. The second-order valence-corrected chi connectivity index (χ2v) is 4.55. The molecule has 1 fully saturated rings. The van der Waals surface area contributed by atoms with Gasteiger partial charge in [0.25, 0.3) is 0 Å². The molecule has 0 atom stereocenters. The molecule has 1 aliphatic rings. The first-order chi connectivity index (χ1) is 7.79. The summed E-state index contributed by atoms with van der Waals surface area (Å²) >= 11 is 6.05. The van der Waals surface area contributed by atoms with Gasteiger partial charge >= 0.3 is 0 Å². The Hall–Kier alpha value is -0.770. The van der Waals surface area contributed by atoms with Crippen LogP contribution in [0.5, 0.6) is 5.75 Å². The Morgan fingerprint density at radius 1 is 1.38 bits per heavy atom. The Bertz CT molecular complexity index is 353. The van der Waals surface area contributed by atoms with Crippen LogP contribution >= 0.6 is 11.6 Å². The topological polar surface area (TPSA) is 44.5 Å². The smallest absolute Gasteiger partial charge is 0.138 e. The second-order valence-electron chi connectivity index (χ2n) is 4.14. The number of ether oxygens (including phenoxy) is 1. The lowest BCUT2D eigenvalue weighted by Crippen LogP contribution is -2.04. The molecule has 4 heteroatoms. The van der Waals surface area contributed by atoms with Crippen molar-refractivity contribution in [2.45, 2.75) is 19.3 Å². The Labute approximate surface area is 100 Å². The van der Waals surface area contributed by atoms with E-state index in [-0.39, 0.29) is 0 Å². The molecule has 0 aliphatic heterocycles. The fourth-order valence-electron chi connectivity index (χ4n) is 1.48. The van der Waals surface area contributed by atoms with Gasteiger partial charge in [0, 0.05) is 0 Å². The molecule has 0 heterocycles. The van der Waals surface area contributed by atoms with E-state index in [1.807, 2.05) is 18.2 Å². The number of benzene rings is 1. The van der Waals surface area contributed by atoms with Gasteiger partial charge in [0.2, 0.25) is 0 Å². The van der Waals surface area contributed by atoms with Crippen LogP contribution < -0.4 is 10.6 Å². The molecule has 0 unspecified atom stereocenters. The molecule has 88 valence electrons. The first-order valence-corrected chi connectivity index (χ1v) is 5.90. The van der Waals surface area contributed by atoms with Crippen molar-refractivity contribution in [3.63, 3.8) is 0 Å². The van der Waals surface area contributed by atoms with Crippen molar-refractivity contribution < 1.29 is 9.57 Å². The van der Waals surface area contributed by atoms with Gasteiger partial charge in [-0.05, 0) is 42.9 Å². The molecule has 0 radical (unpaired) electrons. The molecule has 2 rings (SSSR count). The van der Waals surface area contributed by atoms with Gasteiger partial charge in [0.1, 0.15) is 5.75 Å². The molecule has 0 bridgehead atoms. The number of nitrogens with two attached hydrogens (primary N) is 1. The van der Waals surface area contributed by atoms with Crippen LogP contribution in [0.25, 0.3) is 0 Å². The summed E-state index contributed by atoms with van der Waals surface area (Å²) in [5.41, 5.74) is 1.13. The van der Waals surface area contributed by atoms with Gasteiger partial charge in [-0.25, -0.2) is 5.90 Å². The standard InChI is InChI=1S/C12H16ClNO2/c13-11-4-3-9(5-6-16-14)7-12(11)15-8-10-1-2-10/h3-4,7,10H,1-2,5-6,8,14H2. The fourth-order valence-corrected chi connectivity index (χ4v) is 1.65. The quantitative estimate of drug-likeness (QED) is 0.779. The summed E-state index contributed by atoms with van der Waals surface area (Å²) in [4.78, 5) is 4.55. The third kappa shape index (κ3) is 3.37. The van der Waals surface area contributed by atoms with E-state index in [2.05, 4.69) is 4.84 Å². The van der Waals surface area contributed by atoms with Crippen molar-refractivity contribution in [1.82, 2.24) is 0 Å². The highest BCUT2D eigenvalue weighted by Gasteiger charge is 2.22. The highest BCUT2D eigenvalue weighted by atomic mass is 35.5. The van der Waals surface area contributed by atoms with E-state index < -0.39 is 0 Å². The first kappa shape index (κ1) is 11.7. The maximum atomic E-state index is 6.05. The van der Waals surface area contributed by atoms with Crippen molar-refractivity contribution in [2.24, 2.45) is 11.8 Å². The number of hydrogen-bond acceptors (Lipinski definition) is 3. The zero-order valence-electron chi connectivity index (χ0n) is 9.12. The van der Waals surface area contributed by atoms with E-state index in [1.54, 1.807) is 0 Å². The minimum atomic E-state index is 0.504. The first-order valence-electron chi connectivity index (χ1n) is 5.52. The molecule has 3 nitrogen and oxygen atoms in total. The highest BCUT2D eigenvalue weighted by Crippen LogP contribution is 2.32. The lowest BCUT2D eigenvalue weighted by Gasteiger charge is -2.09. The molecule has 0 saturated heterocycles. The molecule has 0 aromatic heterocycles. The molecule has 16 heavy (non-hydrogen) atoms. The Morgan fingerprint density at radius 3 is 2.88 bits per heavy atom. The zero-order chi connectivity index (χ0) is 11.4. The van der Waals surface area contributed by atoms with Crippen molar-refractivity contribution in [3.05, 3.63) is 28.8 Å². The summed E-state index contributed by atoms with van der Waals surface area (Å²) in [5.74, 6) is 6.49. The highest BCUT2D eigenvalue weighted by molar-refractivity contribution is 6.32. The van der Waals surface area contributed by atoms with Gasteiger partial charge in [0.05, 0.1) is 18.2 Å². The lowest BCUT2D eigenvalue weighted by atomic mass is 10.1. The molecule has 0 spiro atoms. The molecule has 1 aromatic rings. The number of rotatable bonds is 6. The SMILES string of the molecule is NOCCc1ccc(Cl)c(OCC2CC2)c1. The van der Waals surface area contributed by atoms with Crippen LogP contribution in [0.15, 0.2) is 18.2 Å². The summed E-state index contributed by atoms with van der Waals surface area (Å²) < 4.78 is 5.68. The van der Waals surface area contributed by atoms with Gasteiger partial charge in [-0.1, -0.05) is 17.7 Å². The van der Waals surface area contributed by atoms with Crippen LogP contribution in [0.4, 0.5) is 0 Å². The number of halogens is 1. The summed E-state index contributed by atoms with van der Waals surface area (Å²) in [6.45, 7) is 1.28. The fraction of sp³-hybridized carbons (Fsp3) is 0.500. The van der Waals surface area contributed by atoms with E-state index in [1.165, 1.54) is 12.8 Å². The van der Waals surface area contributed by atoms with E-state index in [4.69, 9.17) is 22.2 Å². The normalized spacial score (nSPS) is 15.1. The van der Waals surface area contributed by atoms with Crippen molar-refractivity contribution >= 4 is 11.6 Å². The molecule has 1 saturated carbocycles. The maximum absolute atomic E-state index is 6.05. The van der Waals surface area contributed by atoms with Crippen molar-refractivity contribution in [2.75, 3.05) is 13.2 Å². The van der Waals surface area contributed by atoms with Crippen LogP contribution in [-0.2, 0) is 11.3 Å².